The first-order valence-corrected chi connectivity index (χ1v) is 7.80. The van der Waals surface area contributed by atoms with Crippen LogP contribution in [-0.2, 0) is 14.3 Å². The average molecular weight is 361 g/mol. The molecule has 0 radical (unpaired) electrons. The number of carbonyl (C=O) groups is 3. The molecule has 0 heterocycles. The highest BCUT2D eigenvalue weighted by Gasteiger charge is 2.18. The summed E-state index contributed by atoms with van der Waals surface area (Å²) < 4.78 is 4.86. The molecule has 0 aliphatic rings. The first-order valence-electron chi connectivity index (χ1n) is 7.04. The molecule has 2 N–H and O–H groups in total. The maximum absolute atomic E-state index is 11.9. The van der Waals surface area contributed by atoms with Gasteiger partial charge in [0.05, 0.1) is 10.6 Å². The number of esters is 1. The number of rotatable bonds is 7. The molecule has 1 rings (SSSR count). The predicted molar refractivity (Wildman–Crippen MR) is 87.6 cm³/mol. The number of amides is 2. The number of benzene rings is 1. The highest BCUT2D eigenvalue weighted by atomic mass is 35.5. The molecule has 1 atom stereocenters. The van der Waals surface area contributed by atoms with E-state index in [9.17, 15) is 14.4 Å². The van der Waals surface area contributed by atoms with Crippen LogP contribution in [0.5, 0.6) is 0 Å². The van der Waals surface area contributed by atoms with Gasteiger partial charge in [-0.1, -0.05) is 30.1 Å². The smallest absolute Gasteiger partial charge is 0.340 e. The van der Waals surface area contributed by atoms with Gasteiger partial charge in [0.2, 0.25) is 5.91 Å². The molecule has 23 heavy (non-hydrogen) atoms. The fraction of sp³-hybridized carbons (Fsp3) is 0.400. The maximum Gasteiger partial charge on any atom is 0.340 e. The number of carbonyl (C=O) groups excluding carboxylic acids is 3. The molecule has 0 aliphatic heterocycles. The Kier molecular flexibility index (Phi) is 7.85. The summed E-state index contributed by atoms with van der Waals surface area (Å²) in [4.78, 5) is 35.2. The first-order chi connectivity index (χ1) is 10.8. The van der Waals surface area contributed by atoms with E-state index in [0.29, 0.717) is 11.6 Å². The normalized spacial score (nSPS) is 11.5. The number of nitrogens with one attached hydrogen (secondary N) is 2. The second kappa shape index (κ2) is 9.37. The van der Waals surface area contributed by atoms with Crippen LogP contribution in [0.2, 0.25) is 10.0 Å². The molecule has 0 aliphatic carbocycles. The van der Waals surface area contributed by atoms with Crippen LogP contribution in [0.1, 0.15) is 30.6 Å². The summed E-state index contributed by atoms with van der Waals surface area (Å²) in [5.41, 5.74) is 0.0701. The van der Waals surface area contributed by atoms with E-state index in [1.54, 1.807) is 6.92 Å². The van der Waals surface area contributed by atoms with E-state index in [4.69, 9.17) is 27.9 Å². The molecule has 0 bridgehead atoms. The van der Waals surface area contributed by atoms with Gasteiger partial charge in [-0.05, 0) is 31.5 Å². The standard InChI is InChI=1S/C15H18Cl2N2O4/c1-3-6-18-14(21)9(2)19-13(20)8-23-15(22)11-7-10(16)4-5-12(11)17/h4-5,7,9H,3,6,8H2,1-2H3,(H,18,21)(H,19,20)/t9-/m0/s1. The van der Waals surface area contributed by atoms with Crippen molar-refractivity contribution >= 4 is 41.0 Å². The molecule has 1 aromatic rings. The molecule has 0 fully saturated rings. The third-order valence-electron chi connectivity index (χ3n) is 2.80. The summed E-state index contributed by atoms with van der Waals surface area (Å²) in [5, 5.41) is 5.58. The summed E-state index contributed by atoms with van der Waals surface area (Å²) in [6.45, 7) is 3.47. The van der Waals surface area contributed by atoms with Gasteiger partial charge in [0.25, 0.3) is 5.91 Å². The fourth-order valence-corrected chi connectivity index (χ4v) is 1.98. The van der Waals surface area contributed by atoms with Crippen LogP contribution in [0.3, 0.4) is 0 Å². The van der Waals surface area contributed by atoms with Crippen LogP contribution in [0, 0.1) is 0 Å². The van der Waals surface area contributed by atoms with Crippen molar-refractivity contribution in [3.8, 4) is 0 Å². The maximum atomic E-state index is 11.9. The molecule has 6 nitrogen and oxygen atoms in total. The third kappa shape index (κ3) is 6.46. The van der Waals surface area contributed by atoms with Crippen molar-refractivity contribution in [1.82, 2.24) is 10.6 Å². The summed E-state index contributed by atoms with van der Waals surface area (Å²) >= 11 is 11.6. The van der Waals surface area contributed by atoms with Gasteiger partial charge in [-0.25, -0.2) is 4.79 Å². The van der Waals surface area contributed by atoms with Crippen molar-refractivity contribution in [1.29, 1.82) is 0 Å². The van der Waals surface area contributed by atoms with Gasteiger partial charge in [-0.3, -0.25) is 9.59 Å². The van der Waals surface area contributed by atoms with Crippen LogP contribution in [0.15, 0.2) is 18.2 Å². The topological polar surface area (TPSA) is 84.5 Å². The Morgan fingerprint density at radius 1 is 1.26 bits per heavy atom. The number of ether oxygens (including phenoxy) is 1. The van der Waals surface area contributed by atoms with E-state index >= 15 is 0 Å². The Balaban J connectivity index is 2.48. The van der Waals surface area contributed by atoms with Crippen molar-refractivity contribution in [2.75, 3.05) is 13.2 Å². The molecule has 0 unspecified atom stereocenters. The van der Waals surface area contributed by atoms with Crippen molar-refractivity contribution in [2.24, 2.45) is 0 Å². The van der Waals surface area contributed by atoms with Crippen LogP contribution in [0.4, 0.5) is 0 Å². The highest BCUT2D eigenvalue weighted by Crippen LogP contribution is 2.21. The van der Waals surface area contributed by atoms with Crippen molar-refractivity contribution in [3.05, 3.63) is 33.8 Å². The molecule has 0 aromatic heterocycles. The molecule has 8 heteroatoms. The van der Waals surface area contributed by atoms with Gasteiger partial charge in [-0.15, -0.1) is 0 Å². The molecule has 0 saturated carbocycles. The van der Waals surface area contributed by atoms with Gasteiger partial charge in [-0.2, -0.15) is 0 Å². The Morgan fingerprint density at radius 3 is 2.61 bits per heavy atom. The van der Waals surface area contributed by atoms with Crippen LogP contribution in [-0.4, -0.2) is 37.0 Å². The lowest BCUT2D eigenvalue weighted by Crippen LogP contribution is -2.46. The van der Waals surface area contributed by atoms with E-state index < -0.39 is 24.5 Å². The van der Waals surface area contributed by atoms with E-state index in [1.165, 1.54) is 18.2 Å². The van der Waals surface area contributed by atoms with Crippen molar-refractivity contribution in [3.63, 3.8) is 0 Å². The second-order valence-corrected chi connectivity index (χ2v) is 5.62. The van der Waals surface area contributed by atoms with Crippen LogP contribution in [0.25, 0.3) is 0 Å². The molecule has 0 spiro atoms. The Bertz CT molecular complexity index is 593. The predicted octanol–water partition coefficient (Wildman–Crippen LogP) is 2.18. The molecule has 1 aromatic carbocycles. The summed E-state index contributed by atoms with van der Waals surface area (Å²) in [7, 11) is 0. The average Bonchev–Trinajstić information content (AvgIpc) is 2.52. The van der Waals surface area contributed by atoms with Crippen LogP contribution >= 0.6 is 23.2 Å². The lowest BCUT2D eigenvalue weighted by atomic mass is 10.2. The summed E-state index contributed by atoms with van der Waals surface area (Å²) in [6, 6.07) is 3.62. The van der Waals surface area contributed by atoms with E-state index in [0.717, 1.165) is 6.42 Å². The van der Waals surface area contributed by atoms with Gasteiger partial charge >= 0.3 is 5.97 Å². The quantitative estimate of drug-likeness (QED) is 0.729. The zero-order valence-corrected chi connectivity index (χ0v) is 14.3. The molecule has 2 amide bonds. The lowest BCUT2D eigenvalue weighted by Gasteiger charge is -2.14. The second-order valence-electron chi connectivity index (χ2n) is 4.78. The fourth-order valence-electron chi connectivity index (χ4n) is 1.61. The monoisotopic (exact) mass is 360 g/mol. The number of hydrogen-bond donors (Lipinski definition) is 2. The van der Waals surface area contributed by atoms with Gasteiger partial charge < -0.3 is 15.4 Å². The van der Waals surface area contributed by atoms with Gasteiger partial charge in [0, 0.05) is 11.6 Å². The Morgan fingerprint density at radius 2 is 1.96 bits per heavy atom. The number of halogens is 2. The lowest BCUT2D eigenvalue weighted by molar-refractivity contribution is -0.130. The van der Waals surface area contributed by atoms with E-state index in [1.807, 2.05) is 6.92 Å². The largest absolute Gasteiger partial charge is 0.452 e. The molecule has 126 valence electrons. The Hall–Kier alpha value is -1.79. The SMILES string of the molecule is CCCNC(=O)[C@H](C)NC(=O)COC(=O)c1cc(Cl)ccc1Cl. The zero-order valence-electron chi connectivity index (χ0n) is 12.8. The number of hydrogen-bond acceptors (Lipinski definition) is 4. The summed E-state index contributed by atoms with van der Waals surface area (Å²) in [6.07, 6.45) is 0.796. The minimum atomic E-state index is -0.768. The van der Waals surface area contributed by atoms with Crippen molar-refractivity contribution in [2.45, 2.75) is 26.3 Å². The first kappa shape index (κ1) is 19.3. The minimum Gasteiger partial charge on any atom is -0.452 e. The third-order valence-corrected chi connectivity index (χ3v) is 3.37. The highest BCUT2D eigenvalue weighted by molar-refractivity contribution is 6.35. The van der Waals surface area contributed by atoms with Gasteiger partial charge in [0.1, 0.15) is 6.04 Å². The Labute approximate surface area is 144 Å². The molecular weight excluding hydrogens is 343 g/mol. The minimum absolute atomic E-state index is 0.0701. The summed E-state index contributed by atoms with van der Waals surface area (Å²) in [5.74, 6) is -1.66. The van der Waals surface area contributed by atoms with E-state index in [-0.39, 0.29) is 16.5 Å². The van der Waals surface area contributed by atoms with Crippen LogP contribution < -0.4 is 10.6 Å². The van der Waals surface area contributed by atoms with Gasteiger partial charge in [0.15, 0.2) is 6.61 Å². The molecular formula is C15H18Cl2N2O4. The molecule has 0 saturated heterocycles. The van der Waals surface area contributed by atoms with Crippen molar-refractivity contribution < 1.29 is 19.1 Å². The zero-order chi connectivity index (χ0) is 17.4. The van der Waals surface area contributed by atoms with E-state index in [2.05, 4.69) is 10.6 Å².